The Labute approximate surface area is 181 Å². The summed E-state index contributed by atoms with van der Waals surface area (Å²) in [6.45, 7) is 7.12. The number of ether oxygens (including phenoxy) is 1. The third-order valence-corrected chi connectivity index (χ3v) is 5.93. The number of aromatic nitrogens is 1. The van der Waals surface area contributed by atoms with E-state index in [1.807, 2.05) is 54.6 Å². The molecule has 6 heteroatoms. The summed E-state index contributed by atoms with van der Waals surface area (Å²) in [5.74, 6) is -0.226. The Bertz CT molecular complexity index is 922. The van der Waals surface area contributed by atoms with Crippen molar-refractivity contribution in [1.29, 1.82) is 0 Å². The van der Waals surface area contributed by atoms with Crippen LogP contribution in [0.25, 0.3) is 21.8 Å². The van der Waals surface area contributed by atoms with Crippen molar-refractivity contribution in [2.24, 2.45) is 0 Å². The monoisotopic (exact) mass is 428 g/mol. The standard InChI is InChI=1S/C23H25ClN2O2S/c1-3-26(4-2)16-8-11-20(27)28-23-21(17-12-14-19(24)15-13-17)25-22(29-23)18-9-6-5-7-10-18/h5-7,9-10,12-15H,3-4,8,11,16H2,1-2H3. The highest BCUT2D eigenvalue weighted by Crippen LogP contribution is 2.40. The van der Waals surface area contributed by atoms with Crippen LogP contribution in [0, 0.1) is 0 Å². The topological polar surface area (TPSA) is 42.4 Å². The maximum Gasteiger partial charge on any atom is 0.312 e. The molecule has 0 radical (unpaired) electrons. The highest BCUT2D eigenvalue weighted by Gasteiger charge is 2.18. The lowest BCUT2D eigenvalue weighted by atomic mass is 10.1. The summed E-state index contributed by atoms with van der Waals surface area (Å²) in [6, 6.07) is 17.3. The van der Waals surface area contributed by atoms with E-state index in [9.17, 15) is 4.79 Å². The predicted molar refractivity (Wildman–Crippen MR) is 121 cm³/mol. The van der Waals surface area contributed by atoms with Gasteiger partial charge in [0.05, 0.1) is 0 Å². The molecule has 0 amide bonds. The van der Waals surface area contributed by atoms with E-state index in [-0.39, 0.29) is 5.97 Å². The lowest BCUT2D eigenvalue weighted by Gasteiger charge is -2.17. The third-order valence-electron chi connectivity index (χ3n) is 4.69. The summed E-state index contributed by atoms with van der Waals surface area (Å²) in [4.78, 5) is 19.5. The molecule has 0 atom stereocenters. The Morgan fingerprint density at radius 1 is 1.03 bits per heavy atom. The van der Waals surface area contributed by atoms with Crippen molar-refractivity contribution in [1.82, 2.24) is 9.88 Å². The van der Waals surface area contributed by atoms with Crippen LogP contribution in [0.5, 0.6) is 5.06 Å². The fourth-order valence-corrected chi connectivity index (χ4v) is 4.10. The van der Waals surface area contributed by atoms with Gasteiger partial charge in [-0.05, 0) is 38.2 Å². The molecule has 4 nitrogen and oxygen atoms in total. The molecule has 0 N–H and O–H groups in total. The second kappa shape index (κ2) is 10.5. The van der Waals surface area contributed by atoms with Crippen molar-refractivity contribution in [2.45, 2.75) is 26.7 Å². The van der Waals surface area contributed by atoms with Crippen LogP contribution in [0.4, 0.5) is 0 Å². The van der Waals surface area contributed by atoms with E-state index >= 15 is 0 Å². The lowest BCUT2D eigenvalue weighted by Crippen LogP contribution is -2.24. The lowest BCUT2D eigenvalue weighted by molar-refractivity contribution is -0.134. The minimum Gasteiger partial charge on any atom is -0.413 e. The first-order valence-corrected chi connectivity index (χ1v) is 11.0. The van der Waals surface area contributed by atoms with Crippen molar-refractivity contribution in [2.75, 3.05) is 19.6 Å². The Kier molecular flexibility index (Phi) is 7.81. The zero-order chi connectivity index (χ0) is 20.6. The molecule has 0 aliphatic rings. The number of rotatable bonds is 9. The maximum atomic E-state index is 12.5. The van der Waals surface area contributed by atoms with Crippen molar-refractivity contribution < 1.29 is 9.53 Å². The van der Waals surface area contributed by atoms with Crippen LogP contribution in [0.1, 0.15) is 26.7 Å². The number of hydrogen-bond acceptors (Lipinski definition) is 5. The van der Waals surface area contributed by atoms with E-state index in [0.717, 1.165) is 42.2 Å². The summed E-state index contributed by atoms with van der Waals surface area (Å²) in [5.41, 5.74) is 2.54. The fraction of sp³-hybridized carbons (Fsp3) is 0.304. The van der Waals surface area contributed by atoms with Crippen LogP contribution < -0.4 is 4.74 Å². The van der Waals surface area contributed by atoms with Gasteiger partial charge in [-0.25, -0.2) is 4.98 Å². The second-order valence-corrected chi connectivity index (χ2v) is 8.03. The Balaban J connectivity index is 1.79. The summed E-state index contributed by atoms with van der Waals surface area (Å²) in [5, 5.41) is 2.00. The average molecular weight is 429 g/mol. The van der Waals surface area contributed by atoms with Crippen molar-refractivity contribution >= 4 is 28.9 Å². The Morgan fingerprint density at radius 3 is 2.38 bits per heavy atom. The molecule has 0 unspecified atom stereocenters. The van der Waals surface area contributed by atoms with Crippen LogP contribution in [0.15, 0.2) is 54.6 Å². The van der Waals surface area contributed by atoms with Gasteiger partial charge in [-0.15, -0.1) is 0 Å². The summed E-state index contributed by atoms with van der Waals surface area (Å²) >= 11 is 7.41. The molecule has 3 aromatic rings. The van der Waals surface area contributed by atoms with Gasteiger partial charge in [0.1, 0.15) is 10.7 Å². The molecule has 0 spiro atoms. The highest BCUT2D eigenvalue weighted by atomic mass is 35.5. The van der Waals surface area contributed by atoms with Gasteiger partial charge in [-0.3, -0.25) is 4.79 Å². The first kappa shape index (κ1) is 21.5. The predicted octanol–water partition coefficient (Wildman–Crippen LogP) is 6.16. The van der Waals surface area contributed by atoms with E-state index in [2.05, 4.69) is 18.7 Å². The van der Waals surface area contributed by atoms with Gasteiger partial charge in [0, 0.05) is 22.6 Å². The molecule has 152 valence electrons. The van der Waals surface area contributed by atoms with Gasteiger partial charge < -0.3 is 9.64 Å². The number of carbonyl (C=O) groups excluding carboxylic acids is 1. The largest absolute Gasteiger partial charge is 0.413 e. The quantitative estimate of drug-likeness (QED) is 0.383. The molecule has 2 aromatic carbocycles. The molecule has 1 heterocycles. The van der Waals surface area contributed by atoms with Crippen LogP contribution in [-0.2, 0) is 4.79 Å². The molecular weight excluding hydrogens is 404 g/mol. The van der Waals surface area contributed by atoms with Gasteiger partial charge in [-0.2, -0.15) is 0 Å². The van der Waals surface area contributed by atoms with Crippen LogP contribution in [0.2, 0.25) is 5.02 Å². The summed E-state index contributed by atoms with van der Waals surface area (Å²) < 4.78 is 5.75. The summed E-state index contributed by atoms with van der Waals surface area (Å²) in [7, 11) is 0. The highest BCUT2D eigenvalue weighted by molar-refractivity contribution is 7.17. The van der Waals surface area contributed by atoms with Gasteiger partial charge in [0.25, 0.3) is 0 Å². The first-order chi connectivity index (χ1) is 14.1. The van der Waals surface area contributed by atoms with Crippen molar-refractivity contribution in [3.05, 3.63) is 59.6 Å². The minimum atomic E-state index is -0.226. The molecular formula is C23H25ClN2O2S. The smallest absolute Gasteiger partial charge is 0.312 e. The molecule has 0 fully saturated rings. The minimum absolute atomic E-state index is 0.226. The molecule has 29 heavy (non-hydrogen) atoms. The number of nitrogens with zero attached hydrogens (tertiary/aromatic N) is 2. The number of esters is 1. The molecule has 0 aliphatic heterocycles. The SMILES string of the molecule is CCN(CC)CCCC(=O)Oc1sc(-c2ccccc2)nc1-c1ccc(Cl)cc1. The molecule has 0 aliphatic carbocycles. The van der Waals surface area contributed by atoms with Crippen molar-refractivity contribution in [3.8, 4) is 26.9 Å². The van der Waals surface area contributed by atoms with Crippen molar-refractivity contribution in [3.63, 3.8) is 0 Å². The fourth-order valence-electron chi connectivity index (χ4n) is 3.01. The molecule has 3 rings (SSSR count). The maximum absolute atomic E-state index is 12.5. The second-order valence-electron chi connectivity index (χ2n) is 6.63. The Hall–Kier alpha value is -2.21. The molecule has 0 saturated heterocycles. The Morgan fingerprint density at radius 2 is 1.72 bits per heavy atom. The third kappa shape index (κ3) is 5.89. The normalized spacial score (nSPS) is 11.0. The number of benzene rings is 2. The van der Waals surface area contributed by atoms with E-state index < -0.39 is 0 Å². The molecule has 0 saturated carbocycles. The van der Waals surface area contributed by atoms with E-state index in [0.29, 0.717) is 22.2 Å². The van der Waals surface area contributed by atoms with Crippen LogP contribution >= 0.6 is 22.9 Å². The molecule has 1 aromatic heterocycles. The number of carbonyl (C=O) groups is 1. The van der Waals surface area contributed by atoms with Gasteiger partial charge in [-0.1, -0.05) is 79.2 Å². The first-order valence-electron chi connectivity index (χ1n) is 9.86. The van der Waals surface area contributed by atoms with E-state index in [4.69, 9.17) is 21.3 Å². The summed E-state index contributed by atoms with van der Waals surface area (Å²) in [6.07, 6.45) is 1.16. The zero-order valence-electron chi connectivity index (χ0n) is 16.7. The van der Waals surface area contributed by atoms with Gasteiger partial charge in [0.15, 0.2) is 0 Å². The number of thiazole rings is 1. The van der Waals surface area contributed by atoms with E-state index in [1.54, 1.807) is 0 Å². The van der Waals surface area contributed by atoms with Gasteiger partial charge in [0.2, 0.25) is 5.06 Å². The van der Waals surface area contributed by atoms with Crippen LogP contribution in [0.3, 0.4) is 0 Å². The number of hydrogen-bond donors (Lipinski definition) is 0. The van der Waals surface area contributed by atoms with Gasteiger partial charge >= 0.3 is 5.97 Å². The molecule has 0 bridgehead atoms. The zero-order valence-corrected chi connectivity index (χ0v) is 18.3. The van der Waals surface area contributed by atoms with E-state index in [1.165, 1.54) is 11.3 Å². The average Bonchev–Trinajstić information content (AvgIpc) is 3.16. The number of halogens is 1. The van der Waals surface area contributed by atoms with Crippen LogP contribution in [-0.4, -0.2) is 35.5 Å².